The molecule has 1 aromatic carbocycles. The second kappa shape index (κ2) is 5.07. The van der Waals surface area contributed by atoms with Crippen LogP contribution in [0, 0.1) is 5.82 Å². The highest BCUT2D eigenvalue weighted by Crippen LogP contribution is 2.14. The monoisotopic (exact) mass is 281 g/mol. The zero-order valence-electron chi connectivity index (χ0n) is 8.36. The Hall–Kier alpha value is -1.42. The summed E-state index contributed by atoms with van der Waals surface area (Å²) >= 11 is 3.24. The first kappa shape index (κ1) is 11.1. The molecule has 1 heterocycles. The minimum Gasteiger partial charge on any atom is -0.473 e. The van der Waals surface area contributed by atoms with Gasteiger partial charge in [-0.2, -0.15) is 0 Å². The standard InChI is InChI=1S/C12H9BrFNO/c13-11-6-3-7-12(15-11)16-8-9-4-1-2-5-10(9)14/h1-7H,8H2. The molecule has 2 nitrogen and oxygen atoms in total. The summed E-state index contributed by atoms with van der Waals surface area (Å²) in [5, 5.41) is 0. The SMILES string of the molecule is Fc1ccccc1COc1cccc(Br)n1. The maximum atomic E-state index is 13.3. The number of pyridine rings is 1. The molecule has 16 heavy (non-hydrogen) atoms. The van der Waals surface area contributed by atoms with Gasteiger partial charge in [0.1, 0.15) is 17.0 Å². The van der Waals surface area contributed by atoms with Gasteiger partial charge in [0, 0.05) is 11.6 Å². The first-order valence-corrected chi connectivity index (χ1v) is 5.54. The normalized spacial score (nSPS) is 10.1. The van der Waals surface area contributed by atoms with Crippen molar-refractivity contribution >= 4 is 15.9 Å². The molecule has 0 saturated carbocycles. The number of hydrogen-bond donors (Lipinski definition) is 0. The lowest BCUT2D eigenvalue weighted by molar-refractivity contribution is 0.287. The highest BCUT2D eigenvalue weighted by molar-refractivity contribution is 9.10. The Morgan fingerprint density at radius 1 is 1.12 bits per heavy atom. The largest absolute Gasteiger partial charge is 0.473 e. The van der Waals surface area contributed by atoms with E-state index in [-0.39, 0.29) is 12.4 Å². The maximum Gasteiger partial charge on any atom is 0.214 e. The van der Waals surface area contributed by atoms with Gasteiger partial charge in [-0.15, -0.1) is 0 Å². The Kier molecular flexibility index (Phi) is 3.51. The number of aromatic nitrogens is 1. The minimum atomic E-state index is -0.266. The first-order valence-electron chi connectivity index (χ1n) is 4.74. The van der Waals surface area contributed by atoms with Gasteiger partial charge in [0.2, 0.25) is 5.88 Å². The maximum absolute atomic E-state index is 13.3. The summed E-state index contributed by atoms with van der Waals surface area (Å²) in [6, 6.07) is 11.9. The van der Waals surface area contributed by atoms with E-state index in [9.17, 15) is 4.39 Å². The van der Waals surface area contributed by atoms with Gasteiger partial charge in [-0.25, -0.2) is 9.37 Å². The van der Waals surface area contributed by atoms with E-state index < -0.39 is 0 Å². The van der Waals surface area contributed by atoms with Crippen LogP contribution in [-0.2, 0) is 6.61 Å². The zero-order chi connectivity index (χ0) is 11.4. The third-order valence-electron chi connectivity index (χ3n) is 2.02. The molecule has 0 aliphatic rings. The molecule has 2 rings (SSSR count). The predicted molar refractivity (Wildman–Crippen MR) is 62.7 cm³/mol. The molecular weight excluding hydrogens is 273 g/mol. The third kappa shape index (κ3) is 2.79. The average Bonchev–Trinajstić information content (AvgIpc) is 2.28. The van der Waals surface area contributed by atoms with E-state index in [4.69, 9.17) is 4.74 Å². The summed E-state index contributed by atoms with van der Waals surface area (Å²) in [5.74, 6) is 0.204. The van der Waals surface area contributed by atoms with Crippen molar-refractivity contribution in [3.63, 3.8) is 0 Å². The minimum absolute atomic E-state index is 0.177. The predicted octanol–water partition coefficient (Wildman–Crippen LogP) is 3.56. The molecule has 0 atom stereocenters. The van der Waals surface area contributed by atoms with Crippen molar-refractivity contribution in [3.05, 3.63) is 58.4 Å². The zero-order valence-corrected chi connectivity index (χ0v) is 9.95. The summed E-state index contributed by atoms with van der Waals surface area (Å²) < 4.78 is 19.3. The summed E-state index contributed by atoms with van der Waals surface area (Å²) in [5.41, 5.74) is 0.518. The van der Waals surface area contributed by atoms with Gasteiger partial charge in [-0.1, -0.05) is 24.3 Å². The lowest BCUT2D eigenvalue weighted by Gasteiger charge is -2.06. The molecule has 0 unspecified atom stereocenters. The number of hydrogen-bond acceptors (Lipinski definition) is 2. The van der Waals surface area contributed by atoms with E-state index >= 15 is 0 Å². The fourth-order valence-electron chi connectivity index (χ4n) is 1.24. The van der Waals surface area contributed by atoms with Crippen molar-refractivity contribution in [3.8, 4) is 5.88 Å². The molecule has 0 spiro atoms. The molecule has 1 aromatic heterocycles. The third-order valence-corrected chi connectivity index (χ3v) is 2.46. The smallest absolute Gasteiger partial charge is 0.214 e. The van der Waals surface area contributed by atoms with Crippen LogP contribution in [0.1, 0.15) is 5.56 Å². The van der Waals surface area contributed by atoms with Gasteiger partial charge >= 0.3 is 0 Å². The molecule has 0 fully saturated rings. The van der Waals surface area contributed by atoms with Crippen LogP contribution in [0.3, 0.4) is 0 Å². The van der Waals surface area contributed by atoms with Crippen LogP contribution >= 0.6 is 15.9 Å². The van der Waals surface area contributed by atoms with Gasteiger partial charge in [-0.05, 0) is 28.1 Å². The average molecular weight is 282 g/mol. The van der Waals surface area contributed by atoms with Crippen molar-refractivity contribution < 1.29 is 9.13 Å². The van der Waals surface area contributed by atoms with Crippen molar-refractivity contribution in [2.24, 2.45) is 0 Å². The molecule has 0 N–H and O–H groups in total. The number of benzene rings is 1. The number of ether oxygens (including phenoxy) is 1. The Bertz CT molecular complexity index is 490. The Morgan fingerprint density at radius 2 is 1.94 bits per heavy atom. The molecule has 2 aromatic rings. The number of rotatable bonds is 3. The van der Waals surface area contributed by atoms with Crippen LogP contribution in [0.25, 0.3) is 0 Å². The molecular formula is C12H9BrFNO. The van der Waals surface area contributed by atoms with Gasteiger partial charge in [0.05, 0.1) is 0 Å². The van der Waals surface area contributed by atoms with Gasteiger partial charge in [0.15, 0.2) is 0 Å². The fourth-order valence-corrected chi connectivity index (χ4v) is 1.56. The summed E-state index contributed by atoms with van der Waals surface area (Å²) in [6.45, 7) is 0.177. The van der Waals surface area contributed by atoms with E-state index in [1.807, 2.05) is 6.07 Å². The molecule has 0 radical (unpaired) electrons. The van der Waals surface area contributed by atoms with E-state index in [0.29, 0.717) is 16.0 Å². The Morgan fingerprint density at radius 3 is 2.69 bits per heavy atom. The van der Waals surface area contributed by atoms with Crippen LogP contribution in [0.15, 0.2) is 47.1 Å². The van der Waals surface area contributed by atoms with Gasteiger partial charge < -0.3 is 4.74 Å². The lowest BCUT2D eigenvalue weighted by Crippen LogP contribution is -1.99. The van der Waals surface area contributed by atoms with Crippen molar-refractivity contribution in [1.82, 2.24) is 4.98 Å². The quantitative estimate of drug-likeness (QED) is 0.803. The van der Waals surface area contributed by atoms with Crippen molar-refractivity contribution in [2.45, 2.75) is 6.61 Å². The molecule has 0 aliphatic heterocycles. The fraction of sp³-hybridized carbons (Fsp3) is 0.0833. The first-order chi connectivity index (χ1) is 7.75. The highest BCUT2D eigenvalue weighted by Gasteiger charge is 2.02. The molecule has 0 bridgehead atoms. The molecule has 82 valence electrons. The van der Waals surface area contributed by atoms with E-state index in [2.05, 4.69) is 20.9 Å². The number of nitrogens with zero attached hydrogens (tertiary/aromatic N) is 1. The lowest BCUT2D eigenvalue weighted by atomic mass is 10.2. The van der Waals surface area contributed by atoms with E-state index in [0.717, 1.165) is 0 Å². The molecule has 0 saturated heterocycles. The second-order valence-corrected chi connectivity index (χ2v) is 3.99. The van der Waals surface area contributed by atoms with Gasteiger partial charge in [-0.3, -0.25) is 0 Å². The summed E-state index contributed by atoms with van der Waals surface area (Å²) in [7, 11) is 0. The number of halogens is 2. The molecule has 0 aliphatic carbocycles. The Balaban J connectivity index is 2.05. The Labute approximate surface area is 101 Å². The molecule has 0 amide bonds. The highest BCUT2D eigenvalue weighted by atomic mass is 79.9. The summed E-state index contributed by atoms with van der Waals surface area (Å²) in [6.07, 6.45) is 0. The van der Waals surface area contributed by atoms with Crippen LogP contribution in [0.5, 0.6) is 5.88 Å². The van der Waals surface area contributed by atoms with Crippen molar-refractivity contribution in [2.75, 3.05) is 0 Å². The molecule has 4 heteroatoms. The summed E-state index contributed by atoms with van der Waals surface area (Å²) in [4.78, 5) is 4.09. The van der Waals surface area contributed by atoms with Crippen LogP contribution < -0.4 is 4.74 Å². The van der Waals surface area contributed by atoms with E-state index in [1.165, 1.54) is 6.07 Å². The van der Waals surface area contributed by atoms with Crippen LogP contribution in [-0.4, -0.2) is 4.98 Å². The van der Waals surface area contributed by atoms with Crippen molar-refractivity contribution in [1.29, 1.82) is 0 Å². The van der Waals surface area contributed by atoms with Crippen LogP contribution in [0.2, 0.25) is 0 Å². The topological polar surface area (TPSA) is 22.1 Å². The van der Waals surface area contributed by atoms with Gasteiger partial charge in [0.25, 0.3) is 0 Å². The van der Waals surface area contributed by atoms with Crippen LogP contribution in [0.4, 0.5) is 4.39 Å². The van der Waals surface area contributed by atoms with E-state index in [1.54, 1.807) is 30.3 Å². The second-order valence-electron chi connectivity index (χ2n) is 3.18.